The molecule has 1 aromatic carbocycles. The number of carbonyl (C=O) groups is 1. The zero-order chi connectivity index (χ0) is 16.6. The summed E-state index contributed by atoms with van der Waals surface area (Å²) in [5, 5.41) is 0. The van der Waals surface area contributed by atoms with E-state index < -0.39 is 20.8 Å². The highest BCUT2D eigenvalue weighted by atomic mass is 79.9. The van der Waals surface area contributed by atoms with Gasteiger partial charge in [0.05, 0.1) is 10.5 Å². The molecular formula is C13H16BrClFNO3S. The maximum Gasteiger partial charge on any atom is 0.262 e. The molecule has 1 amide bonds. The zero-order valence-corrected chi connectivity index (χ0v) is 15.2. The zero-order valence-electron chi connectivity index (χ0n) is 12.1. The highest BCUT2D eigenvalue weighted by Gasteiger charge is 2.25. The molecule has 4 nitrogen and oxygen atoms in total. The standard InChI is InChI=1S/C13H16BrClFNO3S/c1-13(2,3)7-17(4)12(18)8-5-11(21(15,19)20)9(14)6-10(8)16/h5-6H,7H2,1-4H3. The first kappa shape index (κ1) is 18.4. The molecule has 0 aliphatic rings. The van der Waals surface area contributed by atoms with Gasteiger partial charge in [0.15, 0.2) is 0 Å². The van der Waals surface area contributed by atoms with Crippen molar-refractivity contribution in [3.63, 3.8) is 0 Å². The largest absolute Gasteiger partial charge is 0.341 e. The van der Waals surface area contributed by atoms with Crippen LogP contribution in [0.1, 0.15) is 31.1 Å². The molecular weight excluding hydrogens is 385 g/mol. The molecule has 8 heteroatoms. The van der Waals surface area contributed by atoms with Crippen molar-refractivity contribution in [1.29, 1.82) is 0 Å². The second kappa shape index (κ2) is 6.22. The minimum absolute atomic E-state index is 0.0231. The summed E-state index contributed by atoms with van der Waals surface area (Å²) in [5.74, 6) is -1.41. The van der Waals surface area contributed by atoms with Gasteiger partial charge in [0, 0.05) is 28.7 Å². The molecule has 0 spiro atoms. The molecule has 0 aliphatic carbocycles. The molecule has 0 bridgehead atoms. The molecule has 0 unspecified atom stereocenters. The van der Waals surface area contributed by atoms with Crippen molar-refractivity contribution >= 4 is 41.6 Å². The van der Waals surface area contributed by atoms with Gasteiger partial charge in [0.25, 0.3) is 15.0 Å². The number of nitrogens with zero attached hydrogens (tertiary/aromatic N) is 1. The first-order chi connectivity index (χ1) is 9.33. The summed E-state index contributed by atoms with van der Waals surface area (Å²) in [7, 11) is 2.73. The lowest BCUT2D eigenvalue weighted by molar-refractivity contribution is 0.0740. The topological polar surface area (TPSA) is 54.5 Å². The Labute approximate surface area is 136 Å². The van der Waals surface area contributed by atoms with Crippen LogP contribution in [-0.4, -0.2) is 32.8 Å². The van der Waals surface area contributed by atoms with Crippen molar-refractivity contribution in [2.45, 2.75) is 25.7 Å². The predicted molar refractivity (Wildman–Crippen MR) is 83.6 cm³/mol. The highest BCUT2D eigenvalue weighted by molar-refractivity contribution is 9.10. The molecule has 0 fully saturated rings. The van der Waals surface area contributed by atoms with Crippen LogP contribution in [0.4, 0.5) is 4.39 Å². The Morgan fingerprint density at radius 2 is 1.90 bits per heavy atom. The summed E-state index contributed by atoms with van der Waals surface area (Å²) in [6.45, 7) is 6.19. The third-order valence-electron chi connectivity index (χ3n) is 2.57. The minimum Gasteiger partial charge on any atom is -0.341 e. The molecule has 0 heterocycles. The molecule has 118 valence electrons. The van der Waals surface area contributed by atoms with Crippen LogP contribution in [0.5, 0.6) is 0 Å². The quantitative estimate of drug-likeness (QED) is 0.728. The molecule has 0 aromatic heterocycles. The number of rotatable bonds is 3. The highest BCUT2D eigenvalue weighted by Crippen LogP contribution is 2.29. The van der Waals surface area contributed by atoms with Gasteiger partial charge in [-0.05, 0) is 33.5 Å². The van der Waals surface area contributed by atoms with Gasteiger partial charge in [-0.2, -0.15) is 0 Å². The number of benzene rings is 1. The Bertz CT molecular complexity index is 671. The molecule has 0 aliphatic heterocycles. The smallest absolute Gasteiger partial charge is 0.262 e. The van der Waals surface area contributed by atoms with E-state index in [1.165, 1.54) is 11.9 Å². The summed E-state index contributed by atoms with van der Waals surface area (Å²) < 4.78 is 36.8. The van der Waals surface area contributed by atoms with Crippen LogP contribution in [0.3, 0.4) is 0 Å². The second-order valence-electron chi connectivity index (χ2n) is 5.92. The summed E-state index contributed by atoms with van der Waals surface area (Å²) in [4.78, 5) is 13.3. The lowest BCUT2D eigenvalue weighted by Gasteiger charge is -2.26. The van der Waals surface area contributed by atoms with Gasteiger partial charge in [-0.3, -0.25) is 4.79 Å². The van der Waals surface area contributed by atoms with Crippen LogP contribution >= 0.6 is 26.6 Å². The van der Waals surface area contributed by atoms with Crippen LogP contribution in [-0.2, 0) is 9.05 Å². The van der Waals surface area contributed by atoms with E-state index in [1.807, 2.05) is 20.8 Å². The number of carbonyl (C=O) groups excluding carboxylic acids is 1. The number of hydrogen-bond acceptors (Lipinski definition) is 3. The molecule has 21 heavy (non-hydrogen) atoms. The predicted octanol–water partition coefficient (Wildman–Crippen LogP) is 3.63. The SMILES string of the molecule is CN(CC(C)(C)C)C(=O)c1cc(S(=O)(=O)Cl)c(Br)cc1F. The fourth-order valence-electron chi connectivity index (χ4n) is 1.87. The minimum atomic E-state index is -4.08. The van der Waals surface area contributed by atoms with Gasteiger partial charge < -0.3 is 4.90 Å². The number of halogens is 3. The monoisotopic (exact) mass is 399 g/mol. The van der Waals surface area contributed by atoms with Gasteiger partial charge in [-0.1, -0.05) is 20.8 Å². The molecule has 1 rings (SSSR count). The summed E-state index contributed by atoms with van der Waals surface area (Å²) in [6, 6.07) is 1.87. The van der Waals surface area contributed by atoms with Gasteiger partial charge in [-0.15, -0.1) is 0 Å². The fraction of sp³-hybridized carbons (Fsp3) is 0.462. The molecule has 0 saturated carbocycles. The average molecular weight is 401 g/mol. The van der Waals surface area contributed by atoms with E-state index in [0.29, 0.717) is 6.54 Å². The van der Waals surface area contributed by atoms with Crippen LogP contribution in [0, 0.1) is 11.2 Å². The lowest BCUT2D eigenvalue weighted by Crippen LogP contribution is -2.35. The van der Waals surface area contributed by atoms with Crippen molar-refractivity contribution in [3.05, 3.63) is 28.0 Å². The van der Waals surface area contributed by atoms with Crippen molar-refractivity contribution < 1.29 is 17.6 Å². The summed E-state index contributed by atoms with van der Waals surface area (Å²) >= 11 is 2.92. The number of amides is 1. The van der Waals surface area contributed by atoms with Crippen LogP contribution in [0.2, 0.25) is 0 Å². The first-order valence-electron chi connectivity index (χ1n) is 6.02. The normalized spacial score (nSPS) is 12.3. The Balaban J connectivity index is 3.28. The molecule has 0 N–H and O–H groups in total. The third kappa shape index (κ3) is 4.93. The van der Waals surface area contributed by atoms with Gasteiger partial charge in [0.1, 0.15) is 5.82 Å². The van der Waals surface area contributed by atoms with Gasteiger partial charge in [0.2, 0.25) is 0 Å². The molecule has 0 saturated heterocycles. The number of hydrogen-bond donors (Lipinski definition) is 0. The third-order valence-corrected chi connectivity index (χ3v) is 4.85. The second-order valence-corrected chi connectivity index (χ2v) is 9.31. The lowest BCUT2D eigenvalue weighted by atomic mass is 9.96. The van der Waals surface area contributed by atoms with E-state index in [1.54, 1.807) is 0 Å². The Hall–Kier alpha value is -0.660. The van der Waals surface area contributed by atoms with Crippen molar-refractivity contribution in [2.75, 3.05) is 13.6 Å². The van der Waals surface area contributed by atoms with Crippen LogP contribution in [0.15, 0.2) is 21.5 Å². The Morgan fingerprint density at radius 3 is 2.33 bits per heavy atom. The van der Waals surface area contributed by atoms with E-state index in [2.05, 4.69) is 15.9 Å². The first-order valence-corrected chi connectivity index (χ1v) is 9.12. The maximum atomic E-state index is 13.9. The molecule has 0 radical (unpaired) electrons. The van der Waals surface area contributed by atoms with Gasteiger partial charge in [-0.25, -0.2) is 12.8 Å². The van der Waals surface area contributed by atoms with E-state index in [9.17, 15) is 17.6 Å². The van der Waals surface area contributed by atoms with Crippen molar-refractivity contribution in [3.8, 4) is 0 Å². The van der Waals surface area contributed by atoms with E-state index >= 15 is 0 Å². The Kier molecular flexibility index (Phi) is 5.45. The van der Waals surface area contributed by atoms with Crippen molar-refractivity contribution in [2.24, 2.45) is 5.41 Å². The maximum absolute atomic E-state index is 13.9. The Morgan fingerprint density at radius 1 is 1.38 bits per heavy atom. The van der Waals surface area contributed by atoms with Crippen LogP contribution in [0.25, 0.3) is 0 Å². The van der Waals surface area contributed by atoms with E-state index in [-0.39, 0.29) is 20.3 Å². The summed E-state index contributed by atoms with van der Waals surface area (Å²) in [5.41, 5.74) is -0.498. The molecule has 1 aromatic rings. The van der Waals surface area contributed by atoms with Crippen LogP contribution < -0.4 is 0 Å². The van der Waals surface area contributed by atoms with Crippen molar-refractivity contribution in [1.82, 2.24) is 4.90 Å². The molecule has 0 atom stereocenters. The van der Waals surface area contributed by atoms with E-state index in [4.69, 9.17) is 10.7 Å². The van der Waals surface area contributed by atoms with E-state index in [0.717, 1.165) is 12.1 Å². The fourth-order valence-corrected chi connectivity index (χ4v) is 4.04. The average Bonchev–Trinajstić information content (AvgIpc) is 2.23. The summed E-state index contributed by atoms with van der Waals surface area (Å²) in [6.07, 6.45) is 0. The van der Waals surface area contributed by atoms with Gasteiger partial charge >= 0.3 is 0 Å².